The average Bonchev–Trinajstić information content (AvgIpc) is 2.41. The maximum atomic E-state index is 11.5. The molecule has 0 aliphatic carbocycles. The summed E-state index contributed by atoms with van der Waals surface area (Å²) in [7, 11) is 4.68. The van der Waals surface area contributed by atoms with Crippen molar-refractivity contribution in [1.29, 1.82) is 0 Å². The van der Waals surface area contributed by atoms with Crippen LogP contribution in [0.3, 0.4) is 0 Å². The van der Waals surface area contributed by atoms with Crippen molar-refractivity contribution >= 4 is 27.6 Å². The van der Waals surface area contributed by atoms with E-state index in [2.05, 4.69) is 20.8 Å². The third-order valence-corrected chi connectivity index (χ3v) is 4.14. The first-order valence-corrected chi connectivity index (χ1v) is 7.08. The van der Waals surface area contributed by atoms with Crippen LogP contribution in [-0.4, -0.2) is 46.7 Å². The number of ether oxygens (including phenoxy) is 3. The first-order chi connectivity index (χ1) is 9.60. The average molecular weight is 344 g/mol. The lowest BCUT2D eigenvalue weighted by atomic mass is 9.98. The van der Waals surface area contributed by atoms with Gasteiger partial charge in [-0.15, -0.1) is 0 Å². The molecule has 0 bridgehead atoms. The quantitative estimate of drug-likeness (QED) is 0.606. The van der Waals surface area contributed by atoms with Gasteiger partial charge in [0.2, 0.25) is 0 Å². The van der Waals surface area contributed by atoms with Gasteiger partial charge in [-0.2, -0.15) is 0 Å². The number of carbonyl (C=O) groups is 1. The topological polar surface area (TPSA) is 48.0 Å². The Bertz CT molecular complexity index is 484. The fourth-order valence-electron chi connectivity index (χ4n) is 2.35. The van der Waals surface area contributed by atoms with Gasteiger partial charge >= 0.3 is 5.97 Å². The molecule has 0 atom stereocenters. The Morgan fingerprint density at radius 1 is 1.30 bits per heavy atom. The van der Waals surface area contributed by atoms with Gasteiger partial charge in [-0.3, -0.25) is 0 Å². The summed E-state index contributed by atoms with van der Waals surface area (Å²) in [6, 6.07) is 5.61. The number of hydrogen-bond acceptors (Lipinski definition) is 5. The zero-order valence-electron chi connectivity index (χ0n) is 11.8. The standard InChI is InChI=1S/C14H18BrNO4/c1-18-13(17)11-5-4-10(6-12(11)15)16-7-9(8-16)14(19-2)20-3/h4-6,9,14H,7-8H2,1-3H3. The Morgan fingerprint density at radius 3 is 2.45 bits per heavy atom. The molecule has 1 aliphatic rings. The highest BCUT2D eigenvalue weighted by Crippen LogP contribution is 2.31. The van der Waals surface area contributed by atoms with E-state index in [-0.39, 0.29) is 12.3 Å². The van der Waals surface area contributed by atoms with E-state index >= 15 is 0 Å². The highest BCUT2D eigenvalue weighted by Gasteiger charge is 2.34. The molecule has 0 radical (unpaired) electrons. The van der Waals surface area contributed by atoms with E-state index in [1.165, 1.54) is 7.11 Å². The lowest BCUT2D eigenvalue weighted by molar-refractivity contribution is -0.142. The second kappa shape index (κ2) is 6.56. The molecule has 1 saturated heterocycles. The van der Waals surface area contributed by atoms with Crippen LogP contribution in [0.5, 0.6) is 0 Å². The van der Waals surface area contributed by atoms with Crippen LogP contribution in [-0.2, 0) is 14.2 Å². The number of halogens is 1. The van der Waals surface area contributed by atoms with Crippen molar-refractivity contribution in [3.8, 4) is 0 Å². The van der Waals surface area contributed by atoms with Crippen molar-refractivity contribution in [2.24, 2.45) is 5.92 Å². The van der Waals surface area contributed by atoms with Crippen molar-refractivity contribution in [2.45, 2.75) is 6.29 Å². The fourth-order valence-corrected chi connectivity index (χ4v) is 2.88. The number of hydrogen-bond donors (Lipinski definition) is 0. The molecule has 6 heteroatoms. The number of carbonyl (C=O) groups excluding carboxylic acids is 1. The normalized spacial score (nSPS) is 15.3. The smallest absolute Gasteiger partial charge is 0.339 e. The Hall–Kier alpha value is -1.11. The molecular weight excluding hydrogens is 326 g/mol. The zero-order valence-corrected chi connectivity index (χ0v) is 13.3. The Labute approximate surface area is 126 Å². The summed E-state index contributed by atoms with van der Waals surface area (Å²) in [5, 5.41) is 0. The van der Waals surface area contributed by atoms with E-state index < -0.39 is 0 Å². The van der Waals surface area contributed by atoms with Gasteiger partial charge in [-0.1, -0.05) is 0 Å². The summed E-state index contributed by atoms with van der Waals surface area (Å²) >= 11 is 3.40. The Kier molecular flexibility index (Phi) is 5.01. The van der Waals surface area contributed by atoms with Crippen LogP contribution < -0.4 is 4.90 Å². The molecule has 2 rings (SSSR count). The highest BCUT2D eigenvalue weighted by atomic mass is 79.9. The molecule has 0 spiro atoms. The molecule has 20 heavy (non-hydrogen) atoms. The van der Waals surface area contributed by atoms with Gasteiger partial charge in [0.05, 0.1) is 12.7 Å². The number of esters is 1. The maximum Gasteiger partial charge on any atom is 0.339 e. The van der Waals surface area contributed by atoms with Crippen LogP contribution >= 0.6 is 15.9 Å². The van der Waals surface area contributed by atoms with Gasteiger partial charge in [0.15, 0.2) is 6.29 Å². The molecule has 1 aromatic carbocycles. The van der Waals surface area contributed by atoms with Crippen LogP contribution in [0.1, 0.15) is 10.4 Å². The van der Waals surface area contributed by atoms with E-state index in [1.54, 1.807) is 20.3 Å². The SMILES string of the molecule is COC(=O)c1ccc(N2CC(C(OC)OC)C2)cc1Br. The van der Waals surface area contributed by atoms with E-state index in [1.807, 2.05) is 12.1 Å². The molecule has 1 heterocycles. The fraction of sp³-hybridized carbons (Fsp3) is 0.500. The molecule has 1 fully saturated rings. The summed E-state index contributed by atoms with van der Waals surface area (Å²) < 4.78 is 16.0. The van der Waals surface area contributed by atoms with Gasteiger partial charge in [0.1, 0.15) is 0 Å². The molecule has 0 amide bonds. The second-order valence-electron chi connectivity index (χ2n) is 4.66. The number of methoxy groups -OCH3 is 3. The van der Waals surface area contributed by atoms with Gasteiger partial charge in [0, 0.05) is 43.4 Å². The van der Waals surface area contributed by atoms with Crippen molar-refractivity contribution in [3.63, 3.8) is 0 Å². The van der Waals surface area contributed by atoms with E-state index in [4.69, 9.17) is 14.2 Å². The summed E-state index contributed by atoms with van der Waals surface area (Å²) in [4.78, 5) is 13.7. The van der Waals surface area contributed by atoms with Crippen LogP contribution in [0, 0.1) is 5.92 Å². The predicted octanol–water partition coefficient (Wildman–Crippen LogP) is 2.29. The van der Waals surface area contributed by atoms with Crippen molar-refractivity contribution < 1.29 is 19.0 Å². The van der Waals surface area contributed by atoms with Crippen LogP contribution in [0.25, 0.3) is 0 Å². The van der Waals surface area contributed by atoms with Crippen LogP contribution in [0.15, 0.2) is 22.7 Å². The summed E-state index contributed by atoms with van der Waals surface area (Å²) in [5.74, 6) is 0.0211. The molecule has 5 nitrogen and oxygen atoms in total. The number of rotatable bonds is 5. The third kappa shape index (κ3) is 2.97. The Balaban J connectivity index is 2.02. The number of nitrogens with zero attached hydrogens (tertiary/aromatic N) is 1. The zero-order chi connectivity index (χ0) is 14.7. The van der Waals surface area contributed by atoms with Gasteiger partial charge in [0.25, 0.3) is 0 Å². The minimum Gasteiger partial charge on any atom is -0.465 e. The number of benzene rings is 1. The largest absolute Gasteiger partial charge is 0.465 e. The molecule has 1 aliphatic heterocycles. The summed E-state index contributed by atoms with van der Waals surface area (Å²) in [5.41, 5.74) is 1.59. The van der Waals surface area contributed by atoms with Crippen molar-refractivity contribution in [2.75, 3.05) is 39.3 Å². The molecule has 110 valence electrons. The first kappa shape index (κ1) is 15.3. The van der Waals surface area contributed by atoms with Gasteiger partial charge < -0.3 is 19.1 Å². The summed E-state index contributed by atoms with van der Waals surface area (Å²) in [6.45, 7) is 1.74. The monoisotopic (exact) mass is 343 g/mol. The van der Waals surface area contributed by atoms with Crippen LogP contribution in [0.2, 0.25) is 0 Å². The van der Waals surface area contributed by atoms with Crippen LogP contribution in [0.4, 0.5) is 5.69 Å². The minimum atomic E-state index is -0.344. The minimum absolute atomic E-state index is 0.163. The molecule has 1 aromatic rings. The molecule has 0 saturated carbocycles. The number of anilines is 1. The highest BCUT2D eigenvalue weighted by molar-refractivity contribution is 9.10. The Morgan fingerprint density at radius 2 is 1.95 bits per heavy atom. The van der Waals surface area contributed by atoms with Gasteiger partial charge in [-0.25, -0.2) is 4.79 Å². The molecule has 0 N–H and O–H groups in total. The second-order valence-corrected chi connectivity index (χ2v) is 5.51. The maximum absolute atomic E-state index is 11.5. The lowest BCUT2D eigenvalue weighted by Crippen LogP contribution is -2.53. The first-order valence-electron chi connectivity index (χ1n) is 6.29. The van der Waals surface area contributed by atoms with Gasteiger partial charge in [-0.05, 0) is 34.1 Å². The molecular formula is C14H18BrNO4. The van der Waals surface area contributed by atoms with E-state index in [0.29, 0.717) is 11.5 Å². The lowest BCUT2D eigenvalue weighted by Gasteiger charge is -2.43. The summed E-state index contributed by atoms with van der Waals surface area (Å²) in [6.07, 6.45) is -0.163. The molecule has 0 aromatic heterocycles. The van der Waals surface area contributed by atoms with E-state index in [0.717, 1.165) is 23.2 Å². The predicted molar refractivity (Wildman–Crippen MR) is 79.0 cm³/mol. The molecule has 0 unspecified atom stereocenters. The van der Waals surface area contributed by atoms with Crippen molar-refractivity contribution in [3.05, 3.63) is 28.2 Å². The van der Waals surface area contributed by atoms with Crippen molar-refractivity contribution in [1.82, 2.24) is 0 Å². The van der Waals surface area contributed by atoms with E-state index in [9.17, 15) is 4.79 Å². The third-order valence-electron chi connectivity index (χ3n) is 3.48.